The van der Waals surface area contributed by atoms with Crippen LogP contribution in [0.25, 0.3) is 11.5 Å². The number of anilines is 1. The first-order valence-electron chi connectivity index (χ1n) is 7.14. The third-order valence-corrected chi connectivity index (χ3v) is 4.21. The minimum absolute atomic E-state index is 0.134. The maximum Gasteiger partial charge on any atom is 0.277 e. The quantitative estimate of drug-likeness (QED) is 0.705. The second kappa shape index (κ2) is 6.88. The summed E-state index contributed by atoms with van der Waals surface area (Å²) in [4.78, 5) is 12.2. The van der Waals surface area contributed by atoms with Gasteiger partial charge in [-0.3, -0.25) is 4.79 Å². The summed E-state index contributed by atoms with van der Waals surface area (Å²) in [7, 11) is 0. The molecule has 1 amide bonds. The number of halogens is 1. The summed E-state index contributed by atoms with van der Waals surface area (Å²) in [5, 5.41) is 10.1. The predicted octanol–water partition coefficient (Wildman–Crippen LogP) is 3.90. The number of furan rings is 1. The number of rotatable bonds is 5. The predicted molar refractivity (Wildman–Crippen MR) is 87.1 cm³/mol. The van der Waals surface area contributed by atoms with Crippen LogP contribution in [-0.2, 0) is 4.79 Å². The highest BCUT2D eigenvalue weighted by Crippen LogP contribution is 2.28. The summed E-state index contributed by atoms with van der Waals surface area (Å²) in [5.74, 6) is 0.147. The largest absolute Gasteiger partial charge is 0.469 e. The summed E-state index contributed by atoms with van der Waals surface area (Å²) >= 11 is 1.10. The molecular weight excluding hydrogens is 333 g/mol. The van der Waals surface area contributed by atoms with E-state index in [1.54, 1.807) is 32.0 Å². The molecule has 0 unspecified atom stereocenters. The lowest BCUT2D eigenvalue weighted by Gasteiger charge is -2.10. The molecule has 1 N–H and O–H groups in total. The van der Waals surface area contributed by atoms with E-state index in [4.69, 9.17) is 8.83 Å². The number of carbonyl (C=O) groups excluding carboxylic acids is 1. The molecule has 124 valence electrons. The fourth-order valence-electron chi connectivity index (χ4n) is 1.97. The van der Waals surface area contributed by atoms with Gasteiger partial charge < -0.3 is 14.2 Å². The molecule has 0 fully saturated rings. The zero-order valence-corrected chi connectivity index (χ0v) is 13.8. The van der Waals surface area contributed by atoms with Crippen LogP contribution in [-0.4, -0.2) is 21.4 Å². The zero-order chi connectivity index (χ0) is 17.1. The summed E-state index contributed by atoms with van der Waals surface area (Å²) in [6.45, 7) is 3.46. The molecule has 1 aromatic carbocycles. The van der Waals surface area contributed by atoms with Crippen molar-refractivity contribution in [2.24, 2.45) is 0 Å². The molecule has 2 aromatic heterocycles. The number of benzene rings is 1. The SMILES string of the molecule is Cc1occc1-c1nnc(S[C@H](C)C(=O)Nc2ccccc2F)o1. The molecule has 24 heavy (non-hydrogen) atoms. The van der Waals surface area contributed by atoms with Gasteiger partial charge in [0.05, 0.1) is 22.8 Å². The van der Waals surface area contributed by atoms with Crippen LogP contribution >= 0.6 is 11.8 Å². The lowest BCUT2D eigenvalue weighted by molar-refractivity contribution is -0.115. The average molecular weight is 347 g/mol. The van der Waals surface area contributed by atoms with E-state index in [0.29, 0.717) is 17.2 Å². The van der Waals surface area contributed by atoms with Gasteiger partial charge in [-0.25, -0.2) is 4.39 Å². The number of amides is 1. The Hall–Kier alpha value is -2.61. The van der Waals surface area contributed by atoms with Gasteiger partial charge in [0.25, 0.3) is 11.1 Å². The smallest absolute Gasteiger partial charge is 0.277 e. The van der Waals surface area contributed by atoms with Crippen molar-refractivity contribution in [3.05, 3.63) is 48.2 Å². The molecule has 0 aliphatic heterocycles. The van der Waals surface area contributed by atoms with Gasteiger partial charge in [0.1, 0.15) is 11.6 Å². The van der Waals surface area contributed by atoms with Crippen LogP contribution in [0.3, 0.4) is 0 Å². The fraction of sp³-hybridized carbons (Fsp3) is 0.188. The third kappa shape index (κ3) is 3.48. The number of carbonyl (C=O) groups is 1. The number of nitrogens with one attached hydrogen (secondary N) is 1. The molecule has 6 nitrogen and oxygen atoms in total. The Morgan fingerprint density at radius 2 is 2.08 bits per heavy atom. The molecule has 0 saturated carbocycles. The first-order valence-corrected chi connectivity index (χ1v) is 8.02. The molecule has 8 heteroatoms. The minimum Gasteiger partial charge on any atom is -0.469 e. The van der Waals surface area contributed by atoms with Gasteiger partial charge in [0.15, 0.2) is 0 Å². The van der Waals surface area contributed by atoms with Gasteiger partial charge in [0, 0.05) is 0 Å². The highest BCUT2D eigenvalue weighted by molar-refractivity contribution is 8.00. The van der Waals surface area contributed by atoms with Gasteiger partial charge in [-0.05, 0) is 32.0 Å². The van der Waals surface area contributed by atoms with Crippen LogP contribution in [0, 0.1) is 12.7 Å². The van der Waals surface area contributed by atoms with E-state index in [0.717, 1.165) is 11.8 Å². The molecule has 1 atom stereocenters. The second-order valence-electron chi connectivity index (χ2n) is 4.99. The first-order chi connectivity index (χ1) is 11.5. The first kappa shape index (κ1) is 16.3. The monoisotopic (exact) mass is 347 g/mol. The molecule has 0 saturated heterocycles. The van der Waals surface area contributed by atoms with Crippen LogP contribution in [0.1, 0.15) is 12.7 Å². The summed E-state index contributed by atoms with van der Waals surface area (Å²) < 4.78 is 24.3. The Morgan fingerprint density at radius 3 is 2.79 bits per heavy atom. The summed E-state index contributed by atoms with van der Waals surface area (Å²) in [6, 6.07) is 7.71. The number of aryl methyl sites for hydroxylation is 1. The Labute approximate surface area is 141 Å². The molecule has 0 spiro atoms. The fourth-order valence-corrected chi connectivity index (χ4v) is 2.66. The standard InChI is InChI=1S/C16H14FN3O3S/c1-9-11(7-8-22-9)15-19-20-16(23-15)24-10(2)14(21)18-13-6-4-3-5-12(13)17/h3-8,10H,1-2H3,(H,18,21)/t10-/m1/s1. The van der Waals surface area contributed by atoms with E-state index in [2.05, 4.69) is 15.5 Å². The summed E-state index contributed by atoms with van der Waals surface area (Å²) in [6.07, 6.45) is 1.53. The molecular formula is C16H14FN3O3S. The zero-order valence-electron chi connectivity index (χ0n) is 12.9. The minimum atomic E-state index is -0.539. The lowest BCUT2D eigenvalue weighted by atomic mass is 10.3. The molecule has 0 aliphatic carbocycles. The van der Waals surface area contributed by atoms with Gasteiger partial charge in [-0.1, -0.05) is 23.9 Å². The van der Waals surface area contributed by atoms with Crippen LogP contribution in [0.4, 0.5) is 10.1 Å². The number of nitrogens with zero attached hydrogens (tertiary/aromatic N) is 2. The van der Waals surface area contributed by atoms with E-state index in [1.807, 2.05) is 0 Å². The normalized spacial score (nSPS) is 12.1. The summed E-state index contributed by atoms with van der Waals surface area (Å²) in [5.41, 5.74) is 0.841. The number of aromatic nitrogens is 2. The Kier molecular flexibility index (Phi) is 4.66. The van der Waals surface area contributed by atoms with Crippen molar-refractivity contribution in [3.8, 4) is 11.5 Å². The van der Waals surface area contributed by atoms with Crippen LogP contribution < -0.4 is 5.32 Å². The maximum atomic E-state index is 13.6. The van der Waals surface area contributed by atoms with Crippen molar-refractivity contribution in [1.29, 1.82) is 0 Å². The van der Waals surface area contributed by atoms with E-state index in [9.17, 15) is 9.18 Å². The van der Waals surface area contributed by atoms with Gasteiger partial charge >= 0.3 is 0 Å². The number of hydrogen-bond donors (Lipinski definition) is 1. The highest BCUT2D eigenvalue weighted by Gasteiger charge is 2.20. The van der Waals surface area contributed by atoms with E-state index >= 15 is 0 Å². The molecule has 0 radical (unpaired) electrons. The second-order valence-corrected chi connectivity index (χ2v) is 6.28. The van der Waals surface area contributed by atoms with Crippen molar-refractivity contribution in [2.75, 3.05) is 5.32 Å². The topological polar surface area (TPSA) is 81.2 Å². The van der Waals surface area contributed by atoms with Crippen molar-refractivity contribution in [1.82, 2.24) is 10.2 Å². The number of hydrogen-bond acceptors (Lipinski definition) is 6. The van der Waals surface area contributed by atoms with Gasteiger partial charge in [0.2, 0.25) is 5.91 Å². The van der Waals surface area contributed by atoms with Crippen LogP contribution in [0.5, 0.6) is 0 Å². The van der Waals surface area contributed by atoms with Crippen molar-refractivity contribution in [2.45, 2.75) is 24.3 Å². The molecule has 3 rings (SSSR count). The molecule has 0 aliphatic rings. The van der Waals surface area contributed by atoms with Crippen molar-refractivity contribution in [3.63, 3.8) is 0 Å². The third-order valence-electron chi connectivity index (χ3n) is 3.27. The maximum absolute atomic E-state index is 13.6. The van der Waals surface area contributed by atoms with Crippen LogP contribution in [0.15, 0.2) is 50.7 Å². The average Bonchev–Trinajstić information content (AvgIpc) is 3.18. The molecule has 2 heterocycles. The Balaban J connectivity index is 1.66. The lowest BCUT2D eigenvalue weighted by Crippen LogP contribution is -2.22. The van der Waals surface area contributed by atoms with Crippen molar-refractivity contribution >= 4 is 23.4 Å². The molecule has 0 bridgehead atoms. The van der Waals surface area contributed by atoms with Crippen LogP contribution in [0.2, 0.25) is 0 Å². The van der Waals surface area contributed by atoms with E-state index in [-0.39, 0.29) is 16.8 Å². The van der Waals surface area contributed by atoms with E-state index < -0.39 is 11.1 Å². The molecule has 3 aromatic rings. The highest BCUT2D eigenvalue weighted by atomic mass is 32.2. The van der Waals surface area contributed by atoms with Gasteiger partial charge in [-0.15, -0.1) is 10.2 Å². The number of para-hydroxylation sites is 1. The Morgan fingerprint density at radius 1 is 1.29 bits per heavy atom. The number of thioether (sulfide) groups is 1. The van der Waals surface area contributed by atoms with Crippen molar-refractivity contribution < 1.29 is 18.0 Å². The Bertz CT molecular complexity index is 862. The van der Waals surface area contributed by atoms with E-state index in [1.165, 1.54) is 18.4 Å². The van der Waals surface area contributed by atoms with Gasteiger partial charge in [-0.2, -0.15) is 0 Å².